The predicted molar refractivity (Wildman–Crippen MR) is 86.0 cm³/mol. The third-order valence-electron chi connectivity index (χ3n) is 2.79. The van der Waals surface area contributed by atoms with Crippen molar-refractivity contribution in [3.8, 4) is 0 Å². The average Bonchev–Trinajstić information content (AvgIpc) is 2.39. The van der Waals surface area contributed by atoms with E-state index < -0.39 is 19.5 Å². The van der Waals surface area contributed by atoms with Gasteiger partial charge in [0, 0.05) is 0 Å². The second-order valence-corrected chi connectivity index (χ2v) is 14.6. The van der Waals surface area contributed by atoms with E-state index in [1.54, 1.807) is 0 Å². The Morgan fingerprint density at radius 2 is 1.12 bits per heavy atom. The number of benzene rings is 2. The van der Waals surface area contributed by atoms with Crippen molar-refractivity contribution in [1.82, 2.24) is 0 Å². The van der Waals surface area contributed by atoms with Crippen molar-refractivity contribution in [2.45, 2.75) is 27.2 Å². The Balaban J connectivity index is 0.000000381. The average molecular weight is 587 g/mol. The van der Waals surface area contributed by atoms with E-state index in [1.807, 2.05) is 0 Å². The van der Waals surface area contributed by atoms with Crippen LogP contribution in [-0.2, 0) is 6.42 Å². The van der Waals surface area contributed by atoms with Crippen LogP contribution in [0.3, 0.4) is 0 Å². The van der Waals surface area contributed by atoms with Crippen LogP contribution in [0.5, 0.6) is 0 Å². The van der Waals surface area contributed by atoms with E-state index in [2.05, 4.69) is 69.3 Å². The molecule has 0 unspecified atom stereocenters. The Morgan fingerprint density at radius 1 is 0.760 bits per heavy atom. The zero-order valence-electron chi connectivity index (χ0n) is 14.0. The van der Waals surface area contributed by atoms with Gasteiger partial charge in [-0.3, -0.25) is 0 Å². The van der Waals surface area contributed by atoms with Crippen LogP contribution in [0.1, 0.15) is 25.0 Å². The van der Waals surface area contributed by atoms with Gasteiger partial charge in [-0.05, 0) is 49.1 Å². The van der Waals surface area contributed by atoms with Gasteiger partial charge in [-0.1, -0.05) is 43.7 Å². The van der Waals surface area contributed by atoms with E-state index in [-0.39, 0.29) is 21.2 Å². The van der Waals surface area contributed by atoms with Gasteiger partial charge in [-0.2, -0.15) is 0 Å². The fourth-order valence-electron chi connectivity index (χ4n) is 1.88. The van der Waals surface area contributed by atoms with Crippen LogP contribution < -0.4 is 21.2 Å². The van der Waals surface area contributed by atoms with Gasteiger partial charge >= 0.3 is 57.6 Å². The molecule has 0 amide bonds. The first-order chi connectivity index (χ1) is 11.1. The first-order valence-electron chi connectivity index (χ1n) is 7.45. The van der Waals surface area contributed by atoms with E-state index >= 15 is 0 Å². The summed E-state index contributed by atoms with van der Waals surface area (Å²) >= 11 is -11.3. The Morgan fingerprint density at radius 3 is 1.48 bits per heavy atom. The van der Waals surface area contributed by atoms with Gasteiger partial charge in [-0.25, -0.2) is 0 Å². The molecule has 2 aromatic rings. The Kier molecular flexibility index (Phi) is 6.93. The summed E-state index contributed by atoms with van der Waals surface area (Å²) in [6.07, 6.45) is 1.18. The molecule has 25 heavy (non-hydrogen) atoms. The van der Waals surface area contributed by atoms with Crippen LogP contribution >= 0.6 is 0 Å². The van der Waals surface area contributed by atoms with Crippen LogP contribution in [0.25, 0.3) is 0 Å². The first-order valence-corrected chi connectivity index (χ1v) is 15.4. The zero-order valence-corrected chi connectivity index (χ0v) is 18.7. The van der Waals surface area contributed by atoms with Crippen LogP contribution in [0.4, 0.5) is 16.9 Å². The van der Waals surface area contributed by atoms with E-state index in [4.69, 9.17) is 0 Å². The first kappa shape index (κ1) is 22.6. The zero-order chi connectivity index (χ0) is 19.4. The van der Waals surface area contributed by atoms with E-state index in [1.165, 1.54) is 24.7 Å². The number of halogens is 7. The minimum atomic E-state index is -11.2. The number of hydrogen-bond donors (Lipinski definition) is 0. The number of aryl methyl sites for hydroxylation is 1. The van der Waals surface area contributed by atoms with Crippen LogP contribution in [0.2, 0.25) is 0 Å². The van der Waals surface area contributed by atoms with Crippen molar-refractivity contribution < 1.29 is 38.1 Å². The molecule has 0 saturated carbocycles. The van der Waals surface area contributed by atoms with Gasteiger partial charge in [0.1, 0.15) is 0 Å². The molecule has 2 aromatic carbocycles. The Hall–Kier alpha value is -0.432. The molecule has 0 aliphatic heterocycles. The maximum absolute atomic E-state index is 11.2. The molecule has 0 atom stereocenters. The second kappa shape index (κ2) is 7.67. The van der Waals surface area contributed by atoms with Crippen molar-refractivity contribution >= 4 is 19.5 Å². The van der Waals surface area contributed by atoms with Gasteiger partial charge in [0.15, 0.2) is 7.14 Å². The van der Waals surface area contributed by atoms with Gasteiger partial charge in [0.25, 0.3) is 0 Å². The molecule has 0 saturated heterocycles. The summed E-state index contributed by atoms with van der Waals surface area (Å²) in [6, 6.07) is 18.2. The fraction of sp³-hybridized carbons (Fsp3) is 0.294. The molecule has 0 nitrogen and oxygen atoms in total. The molecular weight excluding hydrogens is 567 g/mol. The molecule has 8 heteroatoms. The summed E-state index contributed by atoms with van der Waals surface area (Å²) in [4.78, 5) is 0. The number of rotatable bonds is 4. The molecule has 0 N–H and O–H groups in total. The van der Waals surface area contributed by atoms with Crippen molar-refractivity contribution in [1.29, 1.82) is 0 Å². The molecule has 2 rings (SSSR count). The summed E-state index contributed by atoms with van der Waals surface area (Å²) < 4.78 is 62.6. The molecule has 0 aliphatic rings. The van der Waals surface area contributed by atoms with Crippen molar-refractivity contribution in [2.75, 3.05) is 0 Å². The van der Waals surface area contributed by atoms with E-state index in [9.17, 15) is 16.9 Å². The normalized spacial score (nSPS) is 14.3. The molecule has 0 bridgehead atoms. The van der Waals surface area contributed by atoms with Gasteiger partial charge < -0.3 is 0 Å². The third kappa shape index (κ3) is 14.4. The summed E-state index contributed by atoms with van der Waals surface area (Å²) in [5, 5.41) is 0. The van der Waals surface area contributed by atoms with E-state index in [0.717, 1.165) is 5.92 Å². The molecule has 0 aromatic heterocycles. The molecule has 0 aliphatic carbocycles. The van der Waals surface area contributed by atoms with Gasteiger partial charge in [0.05, 0.1) is 0 Å². The Labute approximate surface area is 156 Å². The Bertz CT molecular complexity index is 664. The molecule has 142 valence electrons. The van der Waals surface area contributed by atoms with Crippen LogP contribution in [-0.4, -0.2) is 19.5 Å². The second-order valence-electron chi connectivity index (χ2n) is 6.07. The molecular formula is C17H20F6ISb. The summed E-state index contributed by atoms with van der Waals surface area (Å²) in [7, 11) is 0. The topological polar surface area (TPSA) is 0 Å². The SMILES string of the molecule is Cc1ccc([I+]c2ccc(CC(C)C)cc2)cc1.[F][Sb-]([F])([F])([F])([F])[F]. The monoisotopic (exact) mass is 586 g/mol. The maximum atomic E-state index is 9.93. The summed E-state index contributed by atoms with van der Waals surface area (Å²) in [5.41, 5.74) is 2.80. The molecule has 0 fully saturated rings. The van der Waals surface area contributed by atoms with Crippen molar-refractivity contribution in [3.05, 3.63) is 66.8 Å². The van der Waals surface area contributed by atoms with Crippen molar-refractivity contribution in [3.63, 3.8) is 0 Å². The third-order valence-corrected chi connectivity index (χ3v) is 5.47. The quantitative estimate of drug-likeness (QED) is 0.293. The molecule has 0 spiro atoms. The standard InChI is InChI=1S/C17H20I.6FH.Sb/c1-13(2)12-15-6-10-17(11-7-15)18-16-8-4-14(3)5-9-16;;;;;;;/h4-11,13H,12H2,1-3H3;6*1H;/q+1;;;;;;;+5/p-6. The summed E-state index contributed by atoms with van der Waals surface area (Å²) in [6.45, 7) is 6.68. The fourth-order valence-corrected chi connectivity index (χ4v) is 4.03. The predicted octanol–water partition coefficient (Wildman–Crippen LogP) is 3.46. The minimum absolute atomic E-state index is 0.0179. The van der Waals surface area contributed by atoms with E-state index in [0.29, 0.717) is 0 Å². The summed E-state index contributed by atoms with van der Waals surface area (Å²) in [5.74, 6) is 0.739. The number of hydrogen-bond acceptors (Lipinski definition) is 0. The van der Waals surface area contributed by atoms with Crippen LogP contribution in [0.15, 0.2) is 48.5 Å². The molecule has 0 heterocycles. The van der Waals surface area contributed by atoms with Crippen LogP contribution in [0, 0.1) is 20.0 Å². The van der Waals surface area contributed by atoms with Crippen molar-refractivity contribution in [2.24, 2.45) is 5.92 Å². The van der Waals surface area contributed by atoms with Gasteiger partial charge in [-0.15, -0.1) is 0 Å². The molecule has 0 radical (unpaired) electrons. The van der Waals surface area contributed by atoms with Gasteiger partial charge in [0.2, 0.25) is 0 Å².